The first-order chi connectivity index (χ1) is 26.0. The largest absolute Gasteiger partial charge is 0.477 e. The number of nitrogens with zero attached hydrogens (tertiary/aromatic N) is 4. The summed E-state index contributed by atoms with van der Waals surface area (Å²) in [5.41, 5.74) is 7.20. The predicted octanol–water partition coefficient (Wildman–Crippen LogP) is 3.82. The number of fused-ring (bicyclic) bond motifs is 5. The summed E-state index contributed by atoms with van der Waals surface area (Å²) >= 11 is 0. The average molecular weight is 727 g/mol. The van der Waals surface area contributed by atoms with Gasteiger partial charge in [-0.2, -0.15) is 0 Å². The van der Waals surface area contributed by atoms with Crippen LogP contribution < -0.4 is 26.6 Å². The molecule has 6 N–H and O–H groups in total. The van der Waals surface area contributed by atoms with Crippen LogP contribution in [0.15, 0.2) is 60.8 Å². The normalized spacial score (nSPS) is 18.0. The first-order valence-corrected chi connectivity index (χ1v) is 18.1. The van der Waals surface area contributed by atoms with Crippen LogP contribution in [0, 0.1) is 6.92 Å². The number of carboxylic acids is 1. The fourth-order valence-electron chi connectivity index (χ4n) is 7.60. The van der Waals surface area contributed by atoms with Gasteiger partial charge in [0.25, 0.3) is 5.91 Å². The van der Waals surface area contributed by atoms with Crippen molar-refractivity contribution in [1.29, 1.82) is 0 Å². The van der Waals surface area contributed by atoms with Crippen molar-refractivity contribution in [3.8, 4) is 11.4 Å². The highest BCUT2D eigenvalue weighted by Gasteiger charge is 2.37. The third kappa shape index (κ3) is 6.66. The van der Waals surface area contributed by atoms with E-state index >= 15 is 0 Å². The minimum absolute atomic E-state index is 0.00767. The standard InChI is InChI=1S/C40H39N9O5/c1-20-29-18-25-5-4-24-8-11-33(39(53)54)45-34(24)35(25)48-36(29)41-19-30(20)31-12-14-49-15-13-32(47-40(49)46-31)38(52)42-21(2)37(51)44-28-10-7-23-6-9-27(43-22(3)50)16-26(23)17-28/h6-11,16-19,21,31-32H,4-5,12-15H2,1-3H3,(H5,42,43,44,46,47,50,51,52,53,54)/p+1. The van der Waals surface area contributed by atoms with Crippen molar-refractivity contribution in [1.82, 2.24) is 30.9 Å². The fourth-order valence-corrected chi connectivity index (χ4v) is 7.60. The Labute approximate surface area is 310 Å². The Morgan fingerprint density at radius 2 is 1.59 bits per heavy atom. The lowest BCUT2D eigenvalue weighted by Crippen LogP contribution is -2.61. The molecular formula is C40H40N9O5+. The summed E-state index contributed by atoms with van der Waals surface area (Å²) < 4.78 is 2.20. The number of carbonyl (C=O) groups excluding carboxylic acids is 3. The highest BCUT2D eigenvalue weighted by atomic mass is 16.4. The molecule has 2 aromatic carbocycles. The average Bonchev–Trinajstić information content (AvgIpc) is 3.16. The van der Waals surface area contributed by atoms with E-state index in [-0.39, 0.29) is 29.5 Å². The number of carbonyl (C=O) groups is 4. The molecule has 14 nitrogen and oxygen atoms in total. The van der Waals surface area contributed by atoms with E-state index in [0.717, 1.165) is 70.2 Å². The number of aryl methyl sites for hydroxylation is 3. The molecule has 3 unspecified atom stereocenters. The van der Waals surface area contributed by atoms with Crippen LogP contribution in [0.3, 0.4) is 0 Å². The smallest absolute Gasteiger partial charge is 0.354 e. The fraction of sp³-hybridized carbons (Fsp3) is 0.300. The molecule has 0 spiro atoms. The van der Waals surface area contributed by atoms with Crippen LogP contribution in [0.4, 0.5) is 11.4 Å². The molecule has 274 valence electrons. The van der Waals surface area contributed by atoms with Gasteiger partial charge in [0.1, 0.15) is 17.8 Å². The Morgan fingerprint density at radius 1 is 0.870 bits per heavy atom. The summed E-state index contributed by atoms with van der Waals surface area (Å²) in [7, 11) is 0. The molecule has 0 bridgehead atoms. The Bertz CT molecular complexity index is 2440. The van der Waals surface area contributed by atoms with E-state index in [4.69, 9.17) is 9.97 Å². The zero-order valence-electron chi connectivity index (χ0n) is 30.1. The van der Waals surface area contributed by atoms with E-state index in [9.17, 15) is 24.3 Å². The van der Waals surface area contributed by atoms with Gasteiger partial charge < -0.3 is 21.1 Å². The molecule has 3 amide bonds. The SMILES string of the molecule is CC(=O)Nc1ccc2ccc(NC(=O)C(C)NC(=O)C3CC[N+]4=C(N3)NC(c3cnc5nc6c(cc5c3C)CCc3ccc(C(=O)O)nc3-6)CC4)cc2c1. The highest BCUT2D eigenvalue weighted by Crippen LogP contribution is 2.35. The Kier molecular flexibility index (Phi) is 8.88. The monoisotopic (exact) mass is 726 g/mol. The van der Waals surface area contributed by atoms with Crippen LogP contribution in [0.2, 0.25) is 0 Å². The van der Waals surface area contributed by atoms with Gasteiger partial charge >= 0.3 is 11.9 Å². The number of hydrogen-bond donors (Lipinski definition) is 6. The van der Waals surface area contributed by atoms with Gasteiger partial charge in [0, 0.05) is 48.3 Å². The van der Waals surface area contributed by atoms with Gasteiger partial charge in [0.15, 0.2) is 11.7 Å². The van der Waals surface area contributed by atoms with Gasteiger partial charge in [-0.05, 0) is 90.6 Å². The zero-order valence-corrected chi connectivity index (χ0v) is 30.1. The molecule has 0 fully saturated rings. The summed E-state index contributed by atoms with van der Waals surface area (Å²) in [6.45, 7) is 6.65. The number of anilines is 2. The van der Waals surface area contributed by atoms with Crippen LogP contribution in [-0.2, 0) is 27.2 Å². The molecule has 3 atom stereocenters. The number of rotatable bonds is 7. The first kappa shape index (κ1) is 34.6. The summed E-state index contributed by atoms with van der Waals surface area (Å²) in [6, 6.07) is 15.2. The molecule has 8 rings (SSSR count). The lowest BCUT2D eigenvalue weighted by molar-refractivity contribution is -0.542. The second-order valence-electron chi connectivity index (χ2n) is 14.2. The van der Waals surface area contributed by atoms with Crippen LogP contribution in [0.1, 0.15) is 65.5 Å². The minimum Gasteiger partial charge on any atom is -0.477 e. The number of pyridine rings is 3. The number of aromatic nitrogens is 3. The summed E-state index contributed by atoms with van der Waals surface area (Å²) in [5, 5.41) is 27.8. The Balaban J connectivity index is 0.928. The Morgan fingerprint density at radius 3 is 2.35 bits per heavy atom. The third-order valence-corrected chi connectivity index (χ3v) is 10.5. The molecule has 1 aliphatic carbocycles. The quantitative estimate of drug-likeness (QED) is 0.135. The molecule has 54 heavy (non-hydrogen) atoms. The number of nitrogens with one attached hydrogen (secondary N) is 5. The van der Waals surface area contributed by atoms with Crippen LogP contribution in [0.5, 0.6) is 0 Å². The number of benzene rings is 2. The van der Waals surface area contributed by atoms with Gasteiger partial charge in [-0.1, -0.05) is 18.2 Å². The van der Waals surface area contributed by atoms with Crippen molar-refractivity contribution < 1.29 is 28.9 Å². The molecule has 5 aromatic rings. The second kappa shape index (κ2) is 13.8. The van der Waals surface area contributed by atoms with Crippen molar-refractivity contribution in [3.63, 3.8) is 0 Å². The molecule has 3 aliphatic rings. The van der Waals surface area contributed by atoms with Crippen LogP contribution >= 0.6 is 0 Å². The molecule has 0 radical (unpaired) electrons. The lowest BCUT2D eigenvalue weighted by atomic mass is 9.90. The van der Waals surface area contributed by atoms with Crippen molar-refractivity contribution in [2.45, 2.75) is 64.6 Å². The Hall–Kier alpha value is -6.44. The zero-order chi connectivity index (χ0) is 37.7. The van der Waals surface area contributed by atoms with E-state index in [1.54, 1.807) is 13.0 Å². The predicted molar refractivity (Wildman–Crippen MR) is 203 cm³/mol. The van der Waals surface area contributed by atoms with Crippen molar-refractivity contribution in [2.24, 2.45) is 0 Å². The lowest BCUT2D eigenvalue weighted by Gasteiger charge is -2.32. The van der Waals surface area contributed by atoms with Gasteiger partial charge in [0.2, 0.25) is 11.8 Å². The van der Waals surface area contributed by atoms with E-state index in [0.29, 0.717) is 41.4 Å². The molecule has 14 heteroatoms. The van der Waals surface area contributed by atoms with Gasteiger partial charge in [-0.15, -0.1) is 0 Å². The van der Waals surface area contributed by atoms with Crippen molar-refractivity contribution >= 4 is 62.8 Å². The van der Waals surface area contributed by atoms with Crippen LogP contribution in [-0.4, -0.2) is 79.5 Å². The van der Waals surface area contributed by atoms with E-state index in [1.807, 2.05) is 42.6 Å². The maximum atomic E-state index is 13.4. The van der Waals surface area contributed by atoms with Crippen molar-refractivity contribution in [2.75, 3.05) is 23.7 Å². The number of hydrogen-bond acceptors (Lipinski definition) is 9. The third-order valence-electron chi connectivity index (χ3n) is 10.5. The number of aromatic carboxylic acids is 1. The number of guanidine groups is 1. The summed E-state index contributed by atoms with van der Waals surface area (Å²) in [6.07, 6.45) is 4.79. The topological polar surface area (TPSA) is 190 Å². The molecule has 5 heterocycles. The van der Waals surface area contributed by atoms with Crippen LogP contribution in [0.25, 0.3) is 33.2 Å². The molecule has 3 aromatic heterocycles. The maximum Gasteiger partial charge on any atom is 0.354 e. The number of carboxylic acid groups (broad SMARTS) is 1. The first-order valence-electron chi connectivity index (χ1n) is 18.1. The minimum atomic E-state index is -1.07. The molecule has 0 saturated heterocycles. The van der Waals surface area contributed by atoms with E-state index in [1.165, 1.54) is 13.0 Å². The number of amides is 3. The van der Waals surface area contributed by atoms with Crippen molar-refractivity contribution in [3.05, 3.63) is 88.7 Å². The maximum absolute atomic E-state index is 13.4. The molecule has 0 saturated carbocycles. The van der Waals surface area contributed by atoms with Gasteiger partial charge in [-0.3, -0.25) is 29.6 Å². The molecule has 2 aliphatic heterocycles. The van der Waals surface area contributed by atoms with E-state index in [2.05, 4.69) is 49.1 Å². The summed E-state index contributed by atoms with van der Waals surface area (Å²) in [5.74, 6) is -1.08. The molecular weight excluding hydrogens is 686 g/mol. The summed E-state index contributed by atoms with van der Waals surface area (Å²) in [4.78, 5) is 63.7. The van der Waals surface area contributed by atoms with E-state index < -0.39 is 18.1 Å². The van der Waals surface area contributed by atoms with Gasteiger partial charge in [0.05, 0.1) is 24.5 Å². The second-order valence-corrected chi connectivity index (χ2v) is 14.2. The highest BCUT2D eigenvalue weighted by molar-refractivity contribution is 6.00. The van der Waals surface area contributed by atoms with Gasteiger partial charge in [-0.25, -0.2) is 19.7 Å².